The average molecular weight is 406 g/mol. The van der Waals surface area contributed by atoms with Gasteiger partial charge in [-0.2, -0.15) is 0 Å². The summed E-state index contributed by atoms with van der Waals surface area (Å²) in [6.07, 6.45) is 1.23. The molecule has 0 saturated carbocycles. The highest BCUT2D eigenvalue weighted by Crippen LogP contribution is 2.54. The molecule has 2 aliphatic heterocycles. The van der Waals surface area contributed by atoms with E-state index in [1.54, 1.807) is 29.2 Å². The minimum Gasteiger partial charge on any atom is -0.484 e. The van der Waals surface area contributed by atoms with Crippen LogP contribution in [0.5, 0.6) is 5.75 Å². The molecule has 0 bridgehead atoms. The van der Waals surface area contributed by atoms with Crippen LogP contribution < -0.4 is 10.1 Å². The first-order chi connectivity index (χ1) is 13.2. The molecule has 1 amide bonds. The maximum Gasteiger partial charge on any atom is 0.332 e. The van der Waals surface area contributed by atoms with E-state index in [4.69, 9.17) is 4.74 Å². The third kappa shape index (κ3) is 3.80. The monoisotopic (exact) mass is 406 g/mol. The Morgan fingerprint density at radius 2 is 1.96 bits per heavy atom. The predicted octanol–water partition coefficient (Wildman–Crippen LogP) is 1.23. The fourth-order valence-electron chi connectivity index (χ4n) is 3.45. The van der Waals surface area contributed by atoms with Crippen LogP contribution in [0.4, 0.5) is 0 Å². The van der Waals surface area contributed by atoms with Crippen LogP contribution >= 0.6 is 11.8 Å². The molecule has 3 atom stereocenters. The number of thioether (sulfide) groups is 1. The SMILES string of the molecule is COC(=O)/C=C1\[C@@H](NC(=O)COc2ccccc2)C2SC(C)(C)[C@H](C(=O)O)N12. The molecule has 0 aromatic heterocycles. The number of carboxylic acids is 1. The second-order valence-corrected chi connectivity index (χ2v) is 8.77. The van der Waals surface area contributed by atoms with Gasteiger partial charge in [-0.25, -0.2) is 9.59 Å². The maximum atomic E-state index is 12.4. The highest BCUT2D eigenvalue weighted by molar-refractivity contribution is 8.01. The van der Waals surface area contributed by atoms with Crippen LogP contribution in [0.2, 0.25) is 0 Å². The number of carbonyl (C=O) groups is 3. The number of para-hydroxylation sites is 1. The van der Waals surface area contributed by atoms with Gasteiger partial charge in [0.1, 0.15) is 17.2 Å². The molecule has 8 nitrogen and oxygen atoms in total. The van der Waals surface area contributed by atoms with Crippen molar-refractivity contribution >= 4 is 29.6 Å². The molecule has 9 heteroatoms. The lowest BCUT2D eigenvalue weighted by Crippen LogP contribution is -2.65. The molecule has 1 aromatic carbocycles. The Bertz CT molecular complexity index is 810. The van der Waals surface area contributed by atoms with E-state index in [1.165, 1.54) is 24.9 Å². The summed E-state index contributed by atoms with van der Waals surface area (Å²) in [7, 11) is 1.24. The fourth-order valence-corrected chi connectivity index (χ4v) is 5.12. The molecular weight excluding hydrogens is 384 g/mol. The number of aliphatic carboxylic acids is 1. The quantitative estimate of drug-likeness (QED) is 0.537. The Kier molecular flexibility index (Phi) is 5.55. The van der Waals surface area contributed by atoms with Gasteiger partial charge in [-0.05, 0) is 26.0 Å². The average Bonchev–Trinajstić information content (AvgIpc) is 2.91. The van der Waals surface area contributed by atoms with Crippen LogP contribution in [0.3, 0.4) is 0 Å². The molecule has 2 saturated heterocycles. The van der Waals surface area contributed by atoms with Crippen molar-refractivity contribution in [2.75, 3.05) is 13.7 Å². The first kappa shape index (κ1) is 20.1. The molecule has 2 aliphatic rings. The minimum absolute atomic E-state index is 0.185. The van der Waals surface area contributed by atoms with Crippen LogP contribution in [-0.4, -0.2) is 63.8 Å². The first-order valence-electron chi connectivity index (χ1n) is 8.70. The number of amides is 1. The molecule has 28 heavy (non-hydrogen) atoms. The van der Waals surface area contributed by atoms with Crippen molar-refractivity contribution in [3.63, 3.8) is 0 Å². The smallest absolute Gasteiger partial charge is 0.332 e. The van der Waals surface area contributed by atoms with Gasteiger partial charge < -0.3 is 24.8 Å². The number of esters is 1. The van der Waals surface area contributed by atoms with Crippen molar-refractivity contribution < 1.29 is 29.0 Å². The maximum absolute atomic E-state index is 12.4. The molecule has 2 fully saturated rings. The second kappa shape index (κ2) is 7.75. The van der Waals surface area contributed by atoms with Gasteiger partial charge in [0.2, 0.25) is 0 Å². The largest absolute Gasteiger partial charge is 0.484 e. The van der Waals surface area contributed by atoms with Gasteiger partial charge >= 0.3 is 11.9 Å². The third-order valence-electron chi connectivity index (χ3n) is 4.67. The Balaban J connectivity index is 1.74. The summed E-state index contributed by atoms with van der Waals surface area (Å²) < 4.78 is 9.54. The standard InChI is InChI=1S/C19H22N2O6S/c1-19(2)16(18(24)25)21-12(9-14(23)26-3)15(17(21)28-19)20-13(22)10-27-11-7-5-4-6-8-11/h4-9,15-17H,10H2,1-3H3,(H,20,22)(H,24,25)/b12-9+/t15-,16+,17?/m1/s1. The van der Waals surface area contributed by atoms with E-state index in [0.717, 1.165) is 0 Å². The van der Waals surface area contributed by atoms with Crippen molar-refractivity contribution in [2.24, 2.45) is 0 Å². The number of methoxy groups -OCH3 is 1. The number of rotatable bonds is 6. The van der Waals surface area contributed by atoms with E-state index in [9.17, 15) is 19.5 Å². The van der Waals surface area contributed by atoms with Crippen LogP contribution in [0.1, 0.15) is 13.8 Å². The highest BCUT2D eigenvalue weighted by atomic mass is 32.2. The summed E-state index contributed by atoms with van der Waals surface area (Å²) in [4.78, 5) is 37.6. The number of benzene rings is 1. The molecule has 3 rings (SSSR count). The van der Waals surface area contributed by atoms with Crippen molar-refractivity contribution in [1.82, 2.24) is 10.2 Å². The summed E-state index contributed by atoms with van der Waals surface area (Å²) in [5, 5.41) is 12.2. The lowest BCUT2D eigenvalue weighted by molar-refractivity contribution is -0.145. The van der Waals surface area contributed by atoms with Gasteiger partial charge in [-0.3, -0.25) is 4.79 Å². The number of hydrogen-bond donors (Lipinski definition) is 2. The number of ether oxygens (including phenoxy) is 2. The number of hydrogen-bond acceptors (Lipinski definition) is 7. The number of nitrogens with zero attached hydrogens (tertiary/aromatic N) is 1. The Morgan fingerprint density at radius 3 is 2.57 bits per heavy atom. The summed E-state index contributed by atoms with van der Waals surface area (Å²) >= 11 is 1.45. The Labute approximate surface area is 166 Å². The van der Waals surface area contributed by atoms with E-state index in [1.807, 2.05) is 19.9 Å². The molecule has 1 aromatic rings. The number of carboxylic acid groups (broad SMARTS) is 1. The Hall–Kier alpha value is -2.68. The molecular formula is C19H22N2O6S. The van der Waals surface area contributed by atoms with Gasteiger partial charge in [0.25, 0.3) is 5.91 Å². The molecule has 0 spiro atoms. The van der Waals surface area contributed by atoms with Crippen molar-refractivity contribution in [2.45, 2.75) is 36.1 Å². The van der Waals surface area contributed by atoms with Crippen LogP contribution in [-0.2, 0) is 19.1 Å². The lowest BCUT2D eigenvalue weighted by Gasteiger charge is -2.48. The van der Waals surface area contributed by atoms with Crippen molar-refractivity contribution in [3.05, 3.63) is 42.1 Å². The summed E-state index contributed by atoms with van der Waals surface area (Å²) in [5.74, 6) is -1.37. The van der Waals surface area contributed by atoms with Gasteiger partial charge in [-0.15, -0.1) is 11.8 Å². The minimum atomic E-state index is -0.979. The molecule has 2 N–H and O–H groups in total. The van der Waals surface area contributed by atoms with Crippen molar-refractivity contribution in [1.29, 1.82) is 0 Å². The number of nitrogens with one attached hydrogen (secondary N) is 1. The van der Waals surface area contributed by atoms with Crippen LogP contribution in [0.25, 0.3) is 0 Å². The normalized spacial score (nSPS) is 26.2. The number of carbonyl (C=O) groups excluding carboxylic acids is 2. The summed E-state index contributed by atoms with van der Waals surface area (Å²) in [6.45, 7) is 3.49. The fraction of sp³-hybridized carbons (Fsp3) is 0.421. The van der Waals surface area contributed by atoms with E-state index in [0.29, 0.717) is 11.4 Å². The van der Waals surface area contributed by atoms with Crippen LogP contribution in [0.15, 0.2) is 42.1 Å². The third-order valence-corrected chi connectivity index (χ3v) is 6.24. The molecule has 0 radical (unpaired) electrons. The van der Waals surface area contributed by atoms with Gasteiger partial charge in [0.05, 0.1) is 13.2 Å². The molecule has 150 valence electrons. The first-order valence-corrected chi connectivity index (χ1v) is 9.58. The van der Waals surface area contributed by atoms with E-state index < -0.39 is 28.8 Å². The topological polar surface area (TPSA) is 105 Å². The van der Waals surface area contributed by atoms with E-state index in [2.05, 4.69) is 10.1 Å². The molecule has 0 aliphatic carbocycles. The summed E-state index contributed by atoms with van der Waals surface area (Å²) in [5.41, 5.74) is 0.426. The lowest BCUT2D eigenvalue weighted by atomic mass is 9.93. The van der Waals surface area contributed by atoms with E-state index in [-0.39, 0.29) is 17.9 Å². The second-order valence-electron chi connectivity index (χ2n) is 7.00. The van der Waals surface area contributed by atoms with Crippen molar-refractivity contribution in [3.8, 4) is 5.75 Å². The Morgan fingerprint density at radius 1 is 1.29 bits per heavy atom. The zero-order chi connectivity index (χ0) is 20.5. The van der Waals surface area contributed by atoms with Gasteiger partial charge in [0.15, 0.2) is 6.61 Å². The highest BCUT2D eigenvalue weighted by Gasteiger charge is 2.61. The zero-order valence-corrected chi connectivity index (χ0v) is 16.6. The van der Waals surface area contributed by atoms with Gasteiger partial charge in [0, 0.05) is 16.5 Å². The zero-order valence-electron chi connectivity index (χ0n) is 15.7. The van der Waals surface area contributed by atoms with Crippen LogP contribution in [0, 0.1) is 0 Å². The summed E-state index contributed by atoms with van der Waals surface area (Å²) in [6, 6.07) is 7.63. The number of fused-ring (bicyclic) bond motifs is 1. The van der Waals surface area contributed by atoms with Gasteiger partial charge in [-0.1, -0.05) is 18.2 Å². The molecule has 1 unspecified atom stereocenters. The van der Waals surface area contributed by atoms with E-state index >= 15 is 0 Å². The molecule has 2 heterocycles. The predicted molar refractivity (Wildman–Crippen MR) is 103 cm³/mol.